The molecule has 0 bridgehead atoms. The van der Waals surface area contributed by atoms with Crippen molar-refractivity contribution >= 4 is 34.8 Å². The van der Waals surface area contributed by atoms with E-state index < -0.39 is 27.2 Å². The van der Waals surface area contributed by atoms with E-state index in [1.165, 1.54) is 0 Å². The number of ether oxygens (including phenoxy) is 1. The van der Waals surface area contributed by atoms with Crippen LogP contribution in [-0.2, 0) is 0 Å². The highest BCUT2D eigenvalue weighted by atomic mass is 35.6. The molecule has 0 aliphatic carbocycles. The van der Waals surface area contributed by atoms with Crippen LogP contribution in [0.2, 0.25) is 0 Å². The van der Waals surface area contributed by atoms with Crippen molar-refractivity contribution < 1.29 is 17.9 Å². The zero-order valence-electron chi connectivity index (χ0n) is 6.33. The fourth-order valence-electron chi connectivity index (χ4n) is 0.712. The van der Waals surface area contributed by atoms with Crippen molar-refractivity contribution in [3.8, 4) is 5.75 Å². The molecule has 0 amide bonds. The van der Waals surface area contributed by atoms with Crippen LogP contribution in [0.1, 0.15) is 0 Å². The molecule has 0 fully saturated rings. The average molecular weight is 265 g/mol. The third kappa shape index (κ3) is 2.83. The summed E-state index contributed by atoms with van der Waals surface area (Å²) in [5.74, 6) is -5.25. The summed E-state index contributed by atoms with van der Waals surface area (Å²) < 4.78 is 40.1. The highest BCUT2D eigenvalue weighted by molar-refractivity contribution is 6.66. The van der Waals surface area contributed by atoms with E-state index in [9.17, 15) is 13.2 Å². The molecule has 1 nitrogen and oxygen atoms in total. The van der Waals surface area contributed by atoms with Gasteiger partial charge >= 0.3 is 3.98 Å². The Morgan fingerprint density at radius 2 is 1.57 bits per heavy atom. The number of halogens is 6. The van der Waals surface area contributed by atoms with Crippen LogP contribution in [-0.4, -0.2) is 3.98 Å². The van der Waals surface area contributed by atoms with Crippen LogP contribution >= 0.6 is 34.8 Å². The topological polar surface area (TPSA) is 9.23 Å². The molecule has 0 aromatic heterocycles. The van der Waals surface area contributed by atoms with Crippen molar-refractivity contribution in [2.24, 2.45) is 0 Å². The second kappa shape index (κ2) is 4.04. The smallest absolute Gasteiger partial charge is 0.338 e. The number of hydrogen-bond donors (Lipinski definition) is 0. The molecule has 0 radical (unpaired) electrons. The molecule has 1 aromatic carbocycles. The molecule has 78 valence electrons. The second-order valence-corrected chi connectivity index (χ2v) is 4.40. The lowest BCUT2D eigenvalue weighted by Gasteiger charge is -2.14. The SMILES string of the molecule is Fc1ccc(OC(Cl)(Cl)Cl)c(F)c1F. The Balaban J connectivity index is 3.06. The summed E-state index contributed by atoms with van der Waals surface area (Å²) in [6.45, 7) is 0. The molecule has 7 heteroatoms. The van der Waals surface area contributed by atoms with Crippen LogP contribution in [0.3, 0.4) is 0 Å². The quantitative estimate of drug-likeness (QED) is 0.554. The lowest BCUT2D eigenvalue weighted by atomic mass is 10.3. The predicted molar refractivity (Wildman–Crippen MR) is 47.2 cm³/mol. The average Bonchev–Trinajstić information content (AvgIpc) is 2.04. The first kappa shape index (κ1) is 11.8. The maximum atomic E-state index is 12.9. The maximum absolute atomic E-state index is 12.9. The van der Waals surface area contributed by atoms with Gasteiger partial charge in [0.25, 0.3) is 0 Å². The normalized spacial score (nSPS) is 11.6. The van der Waals surface area contributed by atoms with Crippen LogP contribution in [0.15, 0.2) is 12.1 Å². The van der Waals surface area contributed by atoms with Gasteiger partial charge in [0.2, 0.25) is 5.82 Å². The molecule has 0 saturated carbocycles. The van der Waals surface area contributed by atoms with E-state index >= 15 is 0 Å². The monoisotopic (exact) mass is 264 g/mol. The van der Waals surface area contributed by atoms with Gasteiger partial charge in [-0.15, -0.1) is 0 Å². The fraction of sp³-hybridized carbons (Fsp3) is 0.143. The van der Waals surface area contributed by atoms with Crippen molar-refractivity contribution in [3.05, 3.63) is 29.6 Å². The van der Waals surface area contributed by atoms with Gasteiger partial charge in [0.05, 0.1) is 0 Å². The Bertz CT molecular complexity index is 351. The minimum atomic E-state index is -2.23. The molecule has 0 spiro atoms. The van der Waals surface area contributed by atoms with Gasteiger partial charge in [0.1, 0.15) is 0 Å². The fourth-order valence-corrected chi connectivity index (χ4v) is 0.961. The second-order valence-electron chi connectivity index (χ2n) is 2.22. The third-order valence-electron chi connectivity index (χ3n) is 1.23. The van der Waals surface area contributed by atoms with Crippen LogP contribution in [0.4, 0.5) is 13.2 Å². The van der Waals surface area contributed by atoms with Gasteiger partial charge in [-0.25, -0.2) is 8.78 Å². The van der Waals surface area contributed by atoms with Gasteiger partial charge < -0.3 is 4.74 Å². The number of benzene rings is 1. The van der Waals surface area contributed by atoms with E-state index in [-0.39, 0.29) is 0 Å². The molecule has 0 saturated heterocycles. The van der Waals surface area contributed by atoms with E-state index in [0.29, 0.717) is 6.07 Å². The number of rotatable bonds is 1. The van der Waals surface area contributed by atoms with Crippen molar-refractivity contribution in [2.75, 3.05) is 0 Å². The van der Waals surface area contributed by atoms with Crippen LogP contribution in [0.5, 0.6) is 5.75 Å². The van der Waals surface area contributed by atoms with Crippen LogP contribution < -0.4 is 4.74 Å². The first-order chi connectivity index (χ1) is 6.31. The molecule has 0 unspecified atom stereocenters. The molecule has 1 rings (SSSR count). The van der Waals surface area contributed by atoms with Crippen molar-refractivity contribution in [3.63, 3.8) is 0 Å². The first-order valence-electron chi connectivity index (χ1n) is 3.20. The zero-order chi connectivity index (χ0) is 10.9. The number of alkyl halides is 3. The summed E-state index contributed by atoms with van der Waals surface area (Å²) >= 11 is 15.5. The first-order valence-corrected chi connectivity index (χ1v) is 4.34. The van der Waals surface area contributed by atoms with E-state index in [1.54, 1.807) is 0 Å². The molecule has 0 N–H and O–H groups in total. The van der Waals surface area contributed by atoms with Gasteiger partial charge in [-0.1, -0.05) is 0 Å². The highest BCUT2D eigenvalue weighted by Gasteiger charge is 2.25. The Morgan fingerprint density at radius 1 is 1.00 bits per heavy atom. The van der Waals surface area contributed by atoms with Crippen molar-refractivity contribution in [2.45, 2.75) is 3.98 Å². The Labute approximate surface area is 92.3 Å². The Kier molecular flexibility index (Phi) is 3.40. The van der Waals surface area contributed by atoms with Gasteiger partial charge in [-0.05, 0) is 46.9 Å². The Morgan fingerprint density at radius 3 is 2.07 bits per heavy atom. The number of hydrogen-bond acceptors (Lipinski definition) is 1. The van der Waals surface area contributed by atoms with E-state index in [2.05, 4.69) is 4.74 Å². The predicted octanol–water partition coefficient (Wildman–Crippen LogP) is 3.81. The highest BCUT2D eigenvalue weighted by Crippen LogP contribution is 2.32. The molecule has 0 aliphatic heterocycles. The summed E-state index contributed by atoms with van der Waals surface area (Å²) in [4.78, 5) is 0. The summed E-state index contributed by atoms with van der Waals surface area (Å²) in [6.07, 6.45) is 0. The van der Waals surface area contributed by atoms with Gasteiger partial charge in [0, 0.05) is 0 Å². The zero-order valence-corrected chi connectivity index (χ0v) is 8.60. The molecule has 0 aliphatic rings. The lowest BCUT2D eigenvalue weighted by Crippen LogP contribution is -2.14. The molecule has 14 heavy (non-hydrogen) atoms. The molecular formula is C7H2Cl3F3O. The van der Waals surface area contributed by atoms with E-state index in [1.807, 2.05) is 0 Å². The summed E-state index contributed by atoms with van der Waals surface area (Å²) in [5.41, 5.74) is 0. The standard InChI is InChI=1S/C7H2Cl3F3O/c8-7(9,10)14-4-2-1-3(11)5(12)6(4)13/h1-2H. The van der Waals surface area contributed by atoms with Gasteiger partial charge in [-0.2, -0.15) is 4.39 Å². The molecule has 1 aromatic rings. The minimum absolute atomic E-state index is 0.657. The molecule has 0 atom stereocenters. The maximum Gasteiger partial charge on any atom is 0.338 e. The summed E-state index contributed by atoms with van der Waals surface area (Å²) in [6, 6.07) is 1.47. The van der Waals surface area contributed by atoms with Crippen molar-refractivity contribution in [1.82, 2.24) is 0 Å². The molecular weight excluding hydrogens is 263 g/mol. The van der Waals surface area contributed by atoms with E-state index in [0.717, 1.165) is 6.07 Å². The van der Waals surface area contributed by atoms with Gasteiger partial charge in [-0.3, -0.25) is 0 Å². The third-order valence-corrected chi connectivity index (χ3v) is 1.46. The summed E-state index contributed by atoms with van der Waals surface area (Å²) in [5, 5.41) is 0. The molecule has 0 heterocycles. The van der Waals surface area contributed by atoms with Crippen LogP contribution in [0.25, 0.3) is 0 Å². The van der Waals surface area contributed by atoms with Crippen molar-refractivity contribution in [1.29, 1.82) is 0 Å². The summed E-state index contributed by atoms with van der Waals surface area (Å²) in [7, 11) is 0. The lowest BCUT2D eigenvalue weighted by molar-refractivity contribution is 0.293. The van der Waals surface area contributed by atoms with Gasteiger partial charge in [0.15, 0.2) is 17.4 Å². The largest absolute Gasteiger partial charge is 0.442 e. The van der Waals surface area contributed by atoms with E-state index in [4.69, 9.17) is 34.8 Å². The minimum Gasteiger partial charge on any atom is -0.442 e. The Hall–Kier alpha value is -0.320. The van der Waals surface area contributed by atoms with Crippen LogP contribution in [0, 0.1) is 17.5 Å².